The predicted octanol–water partition coefficient (Wildman–Crippen LogP) is 4.23. The minimum atomic E-state index is 0.844. The summed E-state index contributed by atoms with van der Waals surface area (Å²) in [6, 6.07) is 0. The molecular formula is C11H16BrN. The van der Waals surface area contributed by atoms with Crippen LogP contribution in [0.1, 0.15) is 27.2 Å². The summed E-state index contributed by atoms with van der Waals surface area (Å²) in [6.45, 7) is 13.5. The lowest BCUT2D eigenvalue weighted by Gasteiger charge is -1.99. The van der Waals surface area contributed by atoms with Gasteiger partial charge in [-0.2, -0.15) is 0 Å². The van der Waals surface area contributed by atoms with Gasteiger partial charge < -0.3 is 0 Å². The van der Waals surface area contributed by atoms with E-state index < -0.39 is 0 Å². The molecule has 13 heavy (non-hydrogen) atoms. The van der Waals surface area contributed by atoms with Crippen molar-refractivity contribution in [3.8, 4) is 0 Å². The van der Waals surface area contributed by atoms with Crippen LogP contribution < -0.4 is 0 Å². The van der Waals surface area contributed by atoms with Gasteiger partial charge in [-0.3, -0.25) is 4.99 Å². The van der Waals surface area contributed by atoms with Crippen LogP contribution in [0.25, 0.3) is 0 Å². The summed E-state index contributed by atoms with van der Waals surface area (Å²) in [4.78, 5) is 4.38. The Morgan fingerprint density at radius 1 is 1.31 bits per heavy atom. The monoisotopic (exact) mass is 241 g/mol. The lowest BCUT2D eigenvalue weighted by molar-refractivity contribution is 1.21. The van der Waals surface area contributed by atoms with E-state index in [9.17, 15) is 0 Å². The zero-order chi connectivity index (χ0) is 10.4. The SMILES string of the molecule is C=C(Br)/C=C(\C)N=C(C)CC(=C)C. The Hall–Kier alpha value is -0.630. The third kappa shape index (κ3) is 7.72. The molecule has 0 aromatic carbocycles. The lowest BCUT2D eigenvalue weighted by Crippen LogP contribution is -1.91. The Balaban J connectivity index is 4.38. The van der Waals surface area contributed by atoms with Gasteiger partial charge in [0.25, 0.3) is 0 Å². The first-order chi connectivity index (χ1) is 5.91. The molecule has 0 fully saturated rings. The molecule has 0 aromatic heterocycles. The summed E-state index contributed by atoms with van der Waals surface area (Å²) in [7, 11) is 0. The molecule has 1 nitrogen and oxygen atoms in total. The number of rotatable bonds is 4. The van der Waals surface area contributed by atoms with E-state index in [1.165, 1.54) is 0 Å². The van der Waals surface area contributed by atoms with Gasteiger partial charge in [0.05, 0.1) is 0 Å². The van der Waals surface area contributed by atoms with Gasteiger partial charge in [-0.1, -0.05) is 34.7 Å². The number of hydrogen-bond acceptors (Lipinski definition) is 1. The highest BCUT2D eigenvalue weighted by Gasteiger charge is 1.92. The van der Waals surface area contributed by atoms with E-state index in [0.717, 1.165) is 27.9 Å². The standard InChI is InChI=1S/C11H16BrN/c1-8(2)6-10(4)13-11(5)7-9(3)12/h7H,1,3,6H2,2,4-5H3/b11-7+,13-10?. The summed E-state index contributed by atoms with van der Waals surface area (Å²) in [5.41, 5.74) is 3.17. The maximum atomic E-state index is 4.38. The first kappa shape index (κ1) is 12.4. The lowest BCUT2D eigenvalue weighted by atomic mass is 10.2. The number of nitrogens with zero attached hydrogens (tertiary/aromatic N) is 1. The fourth-order valence-corrected chi connectivity index (χ4v) is 1.37. The number of allylic oxidation sites excluding steroid dienone is 4. The molecular weight excluding hydrogens is 226 g/mol. The Bertz CT molecular complexity index is 272. The highest BCUT2D eigenvalue weighted by molar-refractivity contribution is 9.11. The molecule has 0 saturated heterocycles. The van der Waals surface area contributed by atoms with Crippen molar-refractivity contribution in [2.24, 2.45) is 4.99 Å². The molecule has 0 spiro atoms. The van der Waals surface area contributed by atoms with Gasteiger partial charge in [-0.15, -0.1) is 0 Å². The minimum absolute atomic E-state index is 0.844. The quantitative estimate of drug-likeness (QED) is 0.397. The third-order valence-corrected chi connectivity index (χ3v) is 1.52. The largest absolute Gasteiger partial charge is 0.262 e. The Labute approximate surface area is 89.1 Å². The highest BCUT2D eigenvalue weighted by atomic mass is 79.9. The molecule has 72 valence electrons. The van der Waals surface area contributed by atoms with Crippen LogP contribution in [-0.2, 0) is 0 Å². The highest BCUT2D eigenvalue weighted by Crippen LogP contribution is 2.09. The average molecular weight is 242 g/mol. The zero-order valence-electron chi connectivity index (χ0n) is 8.52. The second-order valence-corrected chi connectivity index (χ2v) is 4.23. The molecule has 0 bridgehead atoms. The topological polar surface area (TPSA) is 12.4 Å². The zero-order valence-corrected chi connectivity index (χ0v) is 10.1. The predicted molar refractivity (Wildman–Crippen MR) is 64.4 cm³/mol. The van der Waals surface area contributed by atoms with Crippen LogP contribution in [0.4, 0.5) is 0 Å². The third-order valence-electron chi connectivity index (χ3n) is 1.29. The van der Waals surface area contributed by atoms with Crippen molar-refractivity contribution in [1.82, 2.24) is 0 Å². The van der Waals surface area contributed by atoms with Crippen LogP contribution in [0.2, 0.25) is 0 Å². The van der Waals surface area contributed by atoms with Crippen molar-refractivity contribution in [3.63, 3.8) is 0 Å². The summed E-state index contributed by atoms with van der Waals surface area (Å²) < 4.78 is 0.844. The molecule has 2 heteroatoms. The van der Waals surface area contributed by atoms with Crippen LogP contribution in [-0.4, -0.2) is 5.71 Å². The number of aliphatic imine (C=N–C) groups is 1. The van der Waals surface area contributed by atoms with Crippen LogP contribution in [0.3, 0.4) is 0 Å². The summed E-state index contributed by atoms with van der Waals surface area (Å²) in [5, 5.41) is 0. The van der Waals surface area contributed by atoms with Gasteiger partial charge in [0.2, 0.25) is 0 Å². The average Bonchev–Trinajstić information content (AvgIpc) is 1.80. The van der Waals surface area contributed by atoms with Crippen LogP contribution in [0.5, 0.6) is 0 Å². The van der Waals surface area contributed by atoms with E-state index >= 15 is 0 Å². The van der Waals surface area contributed by atoms with E-state index in [-0.39, 0.29) is 0 Å². The van der Waals surface area contributed by atoms with Crippen molar-refractivity contribution in [2.45, 2.75) is 27.2 Å². The second-order valence-electron chi connectivity index (χ2n) is 3.21. The van der Waals surface area contributed by atoms with E-state index in [4.69, 9.17) is 0 Å². The van der Waals surface area contributed by atoms with Crippen molar-refractivity contribution in [2.75, 3.05) is 0 Å². The van der Waals surface area contributed by atoms with Gasteiger partial charge in [0.1, 0.15) is 0 Å². The summed E-state index contributed by atoms with van der Waals surface area (Å²) >= 11 is 3.26. The molecule has 0 aromatic rings. The van der Waals surface area contributed by atoms with Crippen molar-refractivity contribution in [3.05, 3.63) is 35.0 Å². The molecule has 0 rings (SSSR count). The van der Waals surface area contributed by atoms with Gasteiger partial charge in [0, 0.05) is 22.3 Å². The van der Waals surface area contributed by atoms with Crippen molar-refractivity contribution in [1.29, 1.82) is 0 Å². The van der Waals surface area contributed by atoms with Gasteiger partial charge in [-0.25, -0.2) is 0 Å². The molecule has 0 aliphatic carbocycles. The van der Waals surface area contributed by atoms with Gasteiger partial charge >= 0.3 is 0 Å². The minimum Gasteiger partial charge on any atom is -0.262 e. The first-order valence-corrected chi connectivity index (χ1v) is 4.92. The second kappa shape index (κ2) is 5.92. The maximum absolute atomic E-state index is 4.38. The van der Waals surface area contributed by atoms with Crippen LogP contribution >= 0.6 is 15.9 Å². The van der Waals surface area contributed by atoms with Crippen molar-refractivity contribution >= 4 is 21.6 Å². The molecule has 0 atom stereocenters. The Morgan fingerprint density at radius 3 is 2.23 bits per heavy atom. The fourth-order valence-electron chi connectivity index (χ4n) is 1.04. The Morgan fingerprint density at radius 2 is 1.85 bits per heavy atom. The fraction of sp³-hybridized carbons (Fsp3) is 0.364. The van der Waals surface area contributed by atoms with Gasteiger partial charge in [-0.05, 0) is 26.8 Å². The van der Waals surface area contributed by atoms with E-state index in [1.807, 2.05) is 26.8 Å². The number of hydrogen-bond donors (Lipinski definition) is 0. The van der Waals surface area contributed by atoms with E-state index in [1.54, 1.807) is 0 Å². The molecule has 0 unspecified atom stereocenters. The van der Waals surface area contributed by atoms with E-state index in [2.05, 4.69) is 34.1 Å². The molecule has 0 aliphatic heterocycles. The molecule has 0 amide bonds. The molecule has 0 saturated carbocycles. The van der Waals surface area contributed by atoms with Crippen LogP contribution in [0.15, 0.2) is 40.0 Å². The smallest absolute Gasteiger partial charge is 0.0383 e. The normalized spacial score (nSPS) is 12.9. The summed E-state index contributed by atoms with van der Waals surface area (Å²) in [6.07, 6.45) is 2.75. The van der Waals surface area contributed by atoms with Crippen molar-refractivity contribution < 1.29 is 0 Å². The first-order valence-electron chi connectivity index (χ1n) is 4.13. The molecule has 0 N–H and O–H groups in total. The molecule has 0 radical (unpaired) electrons. The number of halogens is 1. The van der Waals surface area contributed by atoms with Gasteiger partial charge in [0.15, 0.2) is 0 Å². The summed E-state index contributed by atoms with van der Waals surface area (Å²) in [5.74, 6) is 0. The maximum Gasteiger partial charge on any atom is 0.0383 e. The molecule has 0 aliphatic rings. The van der Waals surface area contributed by atoms with Crippen LogP contribution in [0, 0.1) is 0 Å². The molecule has 0 heterocycles. The Kier molecular flexibility index (Phi) is 5.63. The van der Waals surface area contributed by atoms with E-state index in [0.29, 0.717) is 0 Å².